The minimum absolute atomic E-state index is 0.748. The van der Waals surface area contributed by atoms with Gasteiger partial charge < -0.3 is 15.0 Å². The number of thiazole rings is 1. The lowest BCUT2D eigenvalue weighted by atomic mass is 10.3. The molecule has 0 aliphatic carbocycles. The van der Waals surface area contributed by atoms with Crippen molar-refractivity contribution in [1.29, 1.82) is 0 Å². The lowest BCUT2D eigenvalue weighted by molar-refractivity contribution is 0.119. The van der Waals surface area contributed by atoms with Gasteiger partial charge in [0.2, 0.25) is 0 Å². The second kappa shape index (κ2) is 7.00. The number of ether oxygens (including phenoxy) is 1. The van der Waals surface area contributed by atoms with Crippen LogP contribution in [0.5, 0.6) is 0 Å². The third-order valence-corrected chi connectivity index (χ3v) is 3.72. The first-order chi connectivity index (χ1) is 9.18. The third kappa shape index (κ3) is 4.01. The number of nitrogens with zero attached hydrogens (tertiary/aromatic N) is 3. The smallest absolute Gasteiger partial charge is 0.194 e. The average molecular weight is 282 g/mol. The largest absolute Gasteiger partial charge is 0.379 e. The molecule has 0 aliphatic heterocycles. The molecule has 0 aliphatic rings. The van der Waals surface area contributed by atoms with E-state index in [-0.39, 0.29) is 0 Å². The van der Waals surface area contributed by atoms with Gasteiger partial charge in [-0.05, 0) is 21.0 Å². The number of rotatable bonds is 8. The molecule has 0 bridgehead atoms. The average Bonchev–Trinajstić information content (AvgIpc) is 2.89. The van der Waals surface area contributed by atoms with Crippen molar-refractivity contribution in [2.75, 3.05) is 40.4 Å². The van der Waals surface area contributed by atoms with Gasteiger partial charge in [0.1, 0.15) is 0 Å². The van der Waals surface area contributed by atoms with Gasteiger partial charge in [0.25, 0.3) is 0 Å². The quantitative estimate of drug-likeness (QED) is 0.743. The first kappa shape index (κ1) is 14.5. The number of likely N-dealkylation sites (N-methyl/N-ethyl adjacent to an activating group) is 1. The summed E-state index contributed by atoms with van der Waals surface area (Å²) in [5.74, 6) is 0. The molecule has 6 heteroatoms. The van der Waals surface area contributed by atoms with Crippen molar-refractivity contribution >= 4 is 16.3 Å². The van der Waals surface area contributed by atoms with Crippen molar-refractivity contribution in [3.63, 3.8) is 0 Å². The van der Waals surface area contributed by atoms with Crippen LogP contribution in [-0.4, -0.2) is 54.7 Å². The third-order valence-electron chi connectivity index (χ3n) is 2.96. The van der Waals surface area contributed by atoms with E-state index in [1.165, 1.54) is 5.69 Å². The molecule has 2 rings (SSSR count). The number of hydrogen-bond acceptors (Lipinski definition) is 5. The van der Waals surface area contributed by atoms with Gasteiger partial charge in [-0.15, -0.1) is 11.3 Å². The molecular formula is C13H22N4OS. The van der Waals surface area contributed by atoms with E-state index in [9.17, 15) is 0 Å². The molecule has 0 atom stereocenters. The summed E-state index contributed by atoms with van der Waals surface area (Å²) in [4.78, 5) is 7.71. The Kier molecular flexibility index (Phi) is 5.33. The van der Waals surface area contributed by atoms with Gasteiger partial charge in [-0.25, -0.2) is 4.98 Å². The Bertz CT molecular complexity index is 506. The molecule has 0 saturated carbocycles. The van der Waals surface area contributed by atoms with Crippen LogP contribution < -0.4 is 5.32 Å². The molecule has 0 fully saturated rings. The van der Waals surface area contributed by atoms with E-state index in [0.29, 0.717) is 0 Å². The summed E-state index contributed by atoms with van der Waals surface area (Å²) in [6.45, 7) is 6.26. The second-order valence-corrected chi connectivity index (χ2v) is 5.66. The summed E-state index contributed by atoms with van der Waals surface area (Å²) >= 11 is 1.67. The number of hydrogen-bond donors (Lipinski definition) is 1. The molecule has 106 valence electrons. The molecule has 0 amide bonds. The van der Waals surface area contributed by atoms with Gasteiger partial charge >= 0.3 is 0 Å². The predicted octanol–water partition coefficient (Wildman–Crippen LogP) is 1.37. The van der Waals surface area contributed by atoms with Crippen LogP contribution in [0.2, 0.25) is 0 Å². The lowest BCUT2D eigenvalue weighted by Gasteiger charge is -2.10. The van der Waals surface area contributed by atoms with Gasteiger partial charge in [-0.1, -0.05) is 0 Å². The second-order valence-electron chi connectivity index (χ2n) is 4.79. The zero-order chi connectivity index (χ0) is 13.7. The highest BCUT2D eigenvalue weighted by Crippen LogP contribution is 2.16. The highest BCUT2D eigenvalue weighted by molar-refractivity contribution is 7.15. The molecule has 2 aromatic rings. The lowest BCUT2D eigenvalue weighted by Crippen LogP contribution is -2.23. The number of aromatic nitrogens is 2. The maximum absolute atomic E-state index is 5.54. The van der Waals surface area contributed by atoms with E-state index in [2.05, 4.69) is 52.2 Å². The zero-order valence-electron chi connectivity index (χ0n) is 11.8. The molecule has 0 unspecified atom stereocenters. The number of fused-ring (bicyclic) bond motifs is 1. The molecule has 0 spiro atoms. The number of aryl methyl sites for hydroxylation is 1. The Morgan fingerprint density at radius 1 is 1.42 bits per heavy atom. The first-order valence-electron chi connectivity index (χ1n) is 6.52. The van der Waals surface area contributed by atoms with Crippen molar-refractivity contribution in [3.8, 4) is 0 Å². The minimum atomic E-state index is 0.748. The molecule has 0 radical (unpaired) electrons. The van der Waals surface area contributed by atoms with E-state index >= 15 is 0 Å². The van der Waals surface area contributed by atoms with Gasteiger partial charge in [-0.2, -0.15) is 0 Å². The van der Waals surface area contributed by atoms with Crippen molar-refractivity contribution in [1.82, 2.24) is 19.6 Å². The topological polar surface area (TPSA) is 41.8 Å². The maximum atomic E-state index is 5.54. The first-order valence-corrected chi connectivity index (χ1v) is 7.40. The van der Waals surface area contributed by atoms with Crippen LogP contribution in [0, 0.1) is 6.92 Å². The van der Waals surface area contributed by atoms with Crippen molar-refractivity contribution in [3.05, 3.63) is 23.0 Å². The van der Waals surface area contributed by atoms with E-state index in [4.69, 9.17) is 4.74 Å². The zero-order valence-corrected chi connectivity index (χ0v) is 12.7. The molecule has 1 N–H and O–H groups in total. The summed E-state index contributed by atoms with van der Waals surface area (Å²) in [5, 5.41) is 5.47. The summed E-state index contributed by atoms with van der Waals surface area (Å²) in [5.41, 5.74) is 2.34. The van der Waals surface area contributed by atoms with Gasteiger partial charge in [0, 0.05) is 31.2 Å². The monoisotopic (exact) mass is 282 g/mol. The van der Waals surface area contributed by atoms with E-state index in [1.807, 2.05) is 0 Å². The van der Waals surface area contributed by atoms with Crippen LogP contribution in [0.3, 0.4) is 0 Å². The van der Waals surface area contributed by atoms with Gasteiger partial charge in [-0.3, -0.25) is 4.40 Å². The number of nitrogens with one attached hydrogen (secondary N) is 1. The highest BCUT2D eigenvalue weighted by Gasteiger charge is 2.08. The summed E-state index contributed by atoms with van der Waals surface area (Å²) in [7, 11) is 4.10. The summed E-state index contributed by atoms with van der Waals surface area (Å²) < 4.78 is 7.69. The Balaban J connectivity index is 1.68. The van der Waals surface area contributed by atoms with E-state index in [1.54, 1.807) is 11.3 Å². The Morgan fingerprint density at radius 3 is 3.05 bits per heavy atom. The SMILES string of the molecule is Cc1nc2sccn2c1CNCCOCCN(C)C. The minimum Gasteiger partial charge on any atom is -0.379 e. The molecule has 2 aromatic heterocycles. The van der Waals surface area contributed by atoms with Crippen LogP contribution in [0.25, 0.3) is 4.96 Å². The van der Waals surface area contributed by atoms with Crippen LogP contribution in [0.15, 0.2) is 11.6 Å². The summed E-state index contributed by atoms with van der Waals surface area (Å²) in [6.07, 6.45) is 2.07. The molecule has 19 heavy (non-hydrogen) atoms. The molecule has 0 aromatic carbocycles. The normalized spacial score (nSPS) is 11.8. The van der Waals surface area contributed by atoms with Crippen LogP contribution in [0.1, 0.15) is 11.4 Å². The molecule has 5 nitrogen and oxygen atoms in total. The van der Waals surface area contributed by atoms with Crippen LogP contribution in [0.4, 0.5) is 0 Å². The van der Waals surface area contributed by atoms with Gasteiger partial charge in [0.15, 0.2) is 4.96 Å². The summed E-state index contributed by atoms with van der Waals surface area (Å²) in [6, 6.07) is 0. The van der Waals surface area contributed by atoms with Gasteiger partial charge in [0.05, 0.1) is 24.6 Å². The predicted molar refractivity (Wildman–Crippen MR) is 78.9 cm³/mol. The molecular weight excluding hydrogens is 260 g/mol. The van der Waals surface area contributed by atoms with Crippen LogP contribution in [-0.2, 0) is 11.3 Å². The fraction of sp³-hybridized carbons (Fsp3) is 0.615. The highest BCUT2D eigenvalue weighted by atomic mass is 32.1. The fourth-order valence-corrected chi connectivity index (χ4v) is 2.63. The number of imidazole rings is 1. The Labute approximate surface area is 118 Å². The fourth-order valence-electron chi connectivity index (χ4n) is 1.85. The van der Waals surface area contributed by atoms with Crippen LogP contribution >= 0.6 is 11.3 Å². The molecule has 0 saturated heterocycles. The standard InChI is InChI=1S/C13H22N4OS/c1-11-12(17-6-9-19-13(17)15-11)10-14-4-7-18-8-5-16(2)3/h6,9,14H,4-5,7-8,10H2,1-3H3. The van der Waals surface area contributed by atoms with Crippen molar-refractivity contribution in [2.24, 2.45) is 0 Å². The Hall–Kier alpha value is -0.950. The molecule has 2 heterocycles. The van der Waals surface area contributed by atoms with E-state index < -0.39 is 0 Å². The Morgan fingerprint density at radius 2 is 2.26 bits per heavy atom. The van der Waals surface area contributed by atoms with Crippen molar-refractivity contribution < 1.29 is 4.74 Å². The maximum Gasteiger partial charge on any atom is 0.194 e. The van der Waals surface area contributed by atoms with Crippen molar-refractivity contribution in [2.45, 2.75) is 13.5 Å². The van der Waals surface area contributed by atoms with E-state index in [0.717, 1.165) is 43.5 Å².